The molecule has 488 valence electrons. The maximum atomic E-state index is 15.5. The molecule has 0 aromatic heterocycles. The molecular weight excluding hydrogens is 1250 g/mol. The van der Waals surface area contributed by atoms with Gasteiger partial charge in [-0.2, -0.15) is 13.2 Å². The number of rotatable bonds is 21. The van der Waals surface area contributed by atoms with Crippen LogP contribution in [0.3, 0.4) is 0 Å². The quantitative estimate of drug-likeness (QED) is 0.0308. The second-order valence-electron chi connectivity index (χ2n) is 24.9. The Morgan fingerprint density at radius 1 is 0.758 bits per heavy atom. The van der Waals surface area contributed by atoms with Gasteiger partial charge in [-0.25, -0.2) is 25.9 Å². The number of nitrogens with zero attached hydrogens (tertiary/aromatic N) is 5. The van der Waals surface area contributed by atoms with Crippen LogP contribution in [0.5, 0.6) is 0 Å². The van der Waals surface area contributed by atoms with Crippen molar-refractivity contribution in [3.8, 4) is 0 Å². The fraction of sp³-hybridized carbons (Fsp3) is 0.470. The smallest absolute Gasteiger partial charge is 0.380 e. The molecule has 3 amide bonds. The fourth-order valence-corrected chi connectivity index (χ4v) is 16.7. The molecule has 25 heteroatoms. The second-order valence-corrected chi connectivity index (χ2v) is 30.0. The number of morpholine rings is 1. The van der Waals surface area contributed by atoms with Crippen LogP contribution >= 0.6 is 23.4 Å². The first-order chi connectivity index (χ1) is 43.7. The SMILES string of the molecule is O=C1CCC(Nc2ccc(N3CCC(CN4CCC5(CCC(c6ccc(Cl)cc6)=C(CN6CCN(c7ccc(C(=O)NS(=O)(=O)c8ccc(N[C@H](CCN9CCOCC9)CSc9ccccc9)c(S(=O)(=O)C(F)(F)F)c8)cc7)CC6)C5)CC4)CC3)c(F)c2)C(=O)N1. The molecule has 91 heavy (non-hydrogen) atoms. The summed E-state index contributed by atoms with van der Waals surface area (Å²) in [6.07, 6.45) is 8.34. The number of piperazine rings is 1. The van der Waals surface area contributed by atoms with Crippen molar-refractivity contribution in [1.82, 2.24) is 24.7 Å². The van der Waals surface area contributed by atoms with Crippen LogP contribution in [-0.4, -0.2) is 171 Å². The highest BCUT2D eigenvalue weighted by Gasteiger charge is 2.49. The van der Waals surface area contributed by atoms with E-state index in [2.05, 4.69) is 52.6 Å². The van der Waals surface area contributed by atoms with Gasteiger partial charge in [0.1, 0.15) is 16.8 Å². The number of allylic oxidation sites excluding steroid dienone is 1. The number of thioether (sulfide) groups is 1. The van der Waals surface area contributed by atoms with Gasteiger partial charge in [-0.15, -0.1) is 11.8 Å². The number of amides is 3. The third-order valence-corrected chi connectivity index (χ3v) is 23.1. The summed E-state index contributed by atoms with van der Waals surface area (Å²) < 4.78 is 120. The third kappa shape index (κ3) is 16.6. The largest absolute Gasteiger partial charge is 0.501 e. The Morgan fingerprint density at radius 3 is 2.15 bits per heavy atom. The minimum Gasteiger partial charge on any atom is -0.380 e. The van der Waals surface area contributed by atoms with E-state index in [1.807, 2.05) is 47.2 Å². The van der Waals surface area contributed by atoms with Crippen molar-refractivity contribution in [2.75, 3.05) is 124 Å². The first-order valence-corrected chi connectivity index (χ1v) is 35.7. The number of benzene rings is 5. The molecule has 5 heterocycles. The lowest BCUT2D eigenvalue weighted by atomic mass is 9.65. The molecule has 5 saturated heterocycles. The van der Waals surface area contributed by atoms with Crippen molar-refractivity contribution in [3.63, 3.8) is 0 Å². The van der Waals surface area contributed by atoms with E-state index in [9.17, 15) is 44.4 Å². The molecule has 0 radical (unpaired) electrons. The number of hydrogen-bond acceptors (Lipinski definition) is 16. The molecule has 1 spiro atoms. The summed E-state index contributed by atoms with van der Waals surface area (Å²) in [6.45, 7) is 11.4. The number of hydrogen-bond donors (Lipinski definition) is 4. The molecule has 5 aliphatic heterocycles. The van der Waals surface area contributed by atoms with Crippen molar-refractivity contribution in [2.45, 2.75) is 96.5 Å². The van der Waals surface area contributed by atoms with Crippen molar-refractivity contribution in [3.05, 3.63) is 143 Å². The number of alkyl halides is 3. The lowest BCUT2D eigenvalue weighted by Gasteiger charge is -2.47. The van der Waals surface area contributed by atoms with E-state index < -0.39 is 64.7 Å². The van der Waals surface area contributed by atoms with Gasteiger partial charge in [-0.1, -0.05) is 47.5 Å². The number of nitrogens with one attached hydrogen (secondary N) is 4. The lowest BCUT2D eigenvalue weighted by Crippen LogP contribution is -2.48. The van der Waals surface area contributed by atoms with Crippen molar-refractivity contribution < 1.29 is 53.5 Å². The van der Waals surface area contributed by atoms with Crippen LogP contribution in [0.25, 0.3) is 5.57 Å². The molecule has 0 saturated carbocycles. The zero-order valence-electron chi connectivity index (χ0n) is 50.7. The Bertz CT molecular complexity index is 3660. The highest BCUT2D eigenvalue weighted by molar-refractivity contribution is 7.99. The fourth-order valence-electron chi connectivity index (χ4n) is 13.5. The Kier molecular flexibility index (Phi) is 21.1. The number of carbonyl (C=O) groups excluding carboxylic acids is 3. The van der Waals surface area contributed by atoms with Crippen molar-refractivity contribution in [1.29, 1.82) is 0 Å². The maximum absolute atomic E-state index is 15.5. The molecule has 0 bridgehead atoms. The van der Waals surface area contributed by atoms with Gasteiger partial charge >= 0.3 is 5.51 Å². The first kappa shape index (κ1) is 66.2. The van der Waals surface area contributed by atoms with Crippen molar-refractivity contribution in [2.24, 2.45) is 11.3 Å². The lowest BCUT2D eigenvalue weighted by molar-refractivity contribution is -0.133. The minimum absolute atomic E-state index is 0.0209. The Balaban J connectivity index is 0.680. The Morgan fingerprint density at radius 2 is 1.47 bits per heavy atom. The van der Waals surface area contributed by atoms with Gasteiger partial charge in [0, 0.05) is 117 Å². The van der Waals surface area contributed by atoms with E-state index in [-0.39, 0.29) is 29.1 Å². The van der Waals surface area contributed by atoms with Crippen LogP contribution < -0.4 is 30.5 Å². The number of likely N-dealkylation sites (tertiary alicyclic amines) is 1. The number of sulfonamides is 1. The van der Waals surface area contributed by atoms with Crippen LogP contribution in [0.4, 0.5) is 40.3 Å². The Hall–Kier alpha value is -6.25. The van der Waals surface area contributed by atoms with E-state index >= 15 is 4.39 Å². The van der Waals surface area contributed by atoms with E-state index in [0.717, 1.165) is 120 Å². The predicted octanol–water partition coefficient (Wildman–Crippen LogP) is 10.2. The number of ether oxygens (including phenoxy) is 1. The molecule has 1 unspecified atom stereocenters. The average molecular weight is 1330 g/mol. The molecule has 1 aliphatic carbocycles. The number of piperidine rings is 3. The molecule has 6 aliphatic rings. The molecule has 5 aromatic rings. The van der Waals surface area contributed by atoms with E-state index in [1.54, 1.807) is 24.3 Å². The number of imide groups is 1. The van der Waals surface area contributed by atoms with Gasteiger partial charge in [0.2, 0.25) is 11.8 Å². The van der Waals surface area contributed by atoms with E-state index in [0.29, 0.717) is 92.9 Å². The third-order valence-electron chi connectivity index (χ3n) is 18.8. The standard InChI is InChI=1S/C66H78ClF4N9O8S3/c67-50-10-6-47(7-11-50)56-20-24-65(25-30-77(31-26-65)43-46-21-28-80(29-22-46)60-18-12-51(40-57(60)68)72-59-17-19-62(81)74-64(59)83)42-49(56)44-78-32-34-79(35-33-78)53-13-8-48(9-14-53)63(82)75-91(86,87)55-15-16-58(61(41-55)90(84,85)66(69,70)71)73-52(23-27-76-36-38-88-39-37-76)45-89-54-4-2-1-3-5-54/h1-16,18,40-41,46,52,59,72-73H,17,19-39,42-45H2,(H,75,82)(H,74,81,83)/t52-,59?/m1/s1. The summed E-state index contributed by atoms with van der Waals surface area (Å²) >= 11 is 7.82. The monoisotopic (exact) mass is 1330 g/mol. The van der Waals surface area contributed by atoms with Crippen LogP contribution in [0, 0.1) is 17.2 Å². The van der Waals surface area contributed by atoms with Gasteiger partial charge in [0.15, 0.2) is 0 Å². The average Bonchev–Trinajstić information content (AvgIpc) is 0.821. The number of halogens is 5. The molecule has 2 atom stereocenters. The highest BCUT2D eigenvalue weighted by Crippen LogP contribution is 2.50. The summed E-state index contributed by atoms with van der Waals surface area (Å²) in [7, 11) is -11.0. The maximum Gasteiger partial charge on any atom is 0.501 e. The predicted molar refractivity (Wildman–Crippen MR) is 347 cm³/mol. The summed E-state index contributed by atoms with van der Waals surface area (Å²) in [5.41, 5.74) is -0.0508. The van der Waals surface area contributed by atoms with Gasteiger partial charge < -0.3 is 30.1 Å². The van der Waals surface area contributed by atoms with E-state index in [1.165, 1.54) is 46.7 Å². The van der Waals surface area contributed by atoms with Gasteiger partial charge in [-0.05, 0) is 178 Å². The van der Waals surface area contributed by atoms with Crippen LogP contribution in [-0.2, 0) is 34.2 Å². The number of sulfone groups is 1. The normalized spacial score (nSPS) is 20.6. The first-order valence-electron chi connectivity index (χ1n) is 31.3. The van der Waals surface area contributed by atoms with Crippen molar-refractivity contribution >= 4 is 89.3 Å². The number of carbonyl (C=O) groups is 3. The molecular formula is C66H78ClF4N9O8S3. The Labute approximate surface area is 539 Å². The van der Waals surface area contributed by atoms with Gasteiger partial charge in [0.25, 0.3) is 25.8 Å². The topological polar surface area (TPSA) is 193 Å². The summed E-state index contributed by atoms with van der Waals surface area (Å²) in [5.74, 6) is -1.19. The zero-order valence-corrected chi connectivity index (χ0v) is 53.9. The van der Waals surface area contributed by atoms with Crippen LogP contribution in [0.15, 0.2) is 136 Å². The summed E-state index contributed by atoms with van der Waals surface area (Å²) in [5, 5.41) is 9.11. The van der Waals surface area contributed by atoms with Gasteiger partial charge in [0.05, 0.1) is 29.5 Å². The number of anilines is 4. The van der Waals surface area contributed by atoms with Crippen LogP contribution in [0.2, 0.25) is 5.02 Å². The minimum atomic E-state index is -6.09. The molecule has 11 rings (SSSR count). The second kappa shape index (κ2) is 28.9. The van der Waals surface area contributed by atoms with E-state index in [4.69, 9.17) is 16.3 Å². The van der Waals surface area contributed by atoms with Gasteiger partial charge in [-0.3, -0.25) is 29.5 Å². The summed E-state index contributed by atoms with van der Waals surface area (Å²) in [4.78, 5) is 47.8. The molecule has 5 aromatic carbocycles. The molecule has 17 nitrogen and oxygen atoms in total. The molecule has 4 N–H and O–H groups in total. The summed E-state index contributed by atoms with van der Waals surface area (Å²) in [6, 6.07) is 30.3. The molecule has 5 fully saturated rings. The zero-order chi connectivity index (χ0) is 63.9. The highest BCUT2D eigenvalue weighted by atomic mass is 35.5. The van der Waals surface area contributed by atoms with Crippen LogP contribution in [0.1, 0.15) is 80.1 Å².